The highest BCUT2D eigenvalue weighted by molar-refractivity contribution is 5.18. The molecule has 0 aliphatic heterocycles. The SMILES string of the molecule is c1cc(C(NCc2noc(C3CC3)n2)C2CC2)ccn1. The van der Waals surface area contributed by atoms with Crippen molar-refractivity contribution in [2.45, 2.75) is 44.2 Å². The molecule has 0 bridgehead atoms. The molecule has 4 rings (SSSR count). The van der Waals surface area contributed by atoms with Gasteiger partial charge in [-0.1, -0.05) is 5.16 Å². The summed E-state index contributed by atoms with van der Waals surface area (Å²) in [6.07, 6.45) is 8.67. The first-order valence-electron chi connectivity index (χ1n) is 7.36. The Kier molecular flexibility index (Phi) is 2.99. The molecule has 0 saturated heterocycles. The Morgan fingerprint density at radius 3 is 2.70 bits per heavy atom. The van der Waals surface area contributed by atoms with Gasteiger partial charge in [0.05, 0.1) is 6.54 Å². The van der Waals surface area contributed by atoms with E-state index in [0.29, 0.717) is 18.5 Å². The lowest BCUT2D eigenvalue weighted by molar-refractivity contribution is 0.369. The molecular weight excluding hydrogens is 252 g/mol. The summed E-state index contributed by atoms with van der Waals surface area (Å²) in [7, 11) is 0. The summed E-state index contributed by atoms with van der Waals surface area (Å²) >= 11 is 0. The normalized spacial score (nSPS) is 20.0. The third-order valence-electron chi connectivity index (χ3n) is 4.05. The Bertz CT molecular complexity index is 575. The minimum atomic E-state index is 0.376. The topological polar surface area (TPSA) is 63.8 Å². The van der Waals surface area contributed by atoms with Gasteiger partial charge in [0.1, 0.15) is 0 Å². The maximum Gasteiger partial charge on any atom is 0.229 e. The van der Waals surface area contributed by atoms with Gasteiger partial charge >= 0.3 is 0 Å². The van der Waals surface area contributed by atoms with Gasteiger partial charge in [-0.15, -0.1) is 0 Å². The molecule has 2 aromatic heterocycles. The summed E-state index contributed by atoms with van der Waals surface area (Å²) in [4.78, 5) is 8.55. The minimum Gasteiger partial charge on any atom is -0.339 e. The molecule has 0 radical (unpaired) electrons. The Labute approximate surface area is 117 Å². The van der Waals surface area contributed by atoms with Crippen molar-refractivity contribution in [1.29, 1.82) is 0 Å². The number of nitrogens with zero attached hydrogens (tertiary/aromatic N) is 3. The van der Waals surface area contributed by atoms with E-state index in [-0.39, 0.29) is 0 Å². The van der Waals surface area contributed by atoms with Crippen molar-refractivity contribution in [3.63, 3.8) is 0 Å². The van der Waals surface area contributed by atoms with Gasteiger partial charge in [-0.3, -0.25) is 4.98 Å². The molecule has 104 valence electrons. The molecule has 1 atom stereocenters. The highest BCUT2D eigenvalue weighted by atomic mass is 16.5. The highest BCUT2D eigenvalue weighted by Crippen LogP contribution is 2.41. The summed E-state index contributed by atoms with van der Waals surface area (Å²) in [6, 6.07) is 4.55. The zero-order chi connectivity index (χ0) is 13.4. The predicted molar refractivity (Wildman–Crippen MR) is 72.8 cm³/mol. The molecule has 2 fully saturated rings. The summed E-state index contributed by atoms with van der Waals surface area (Å²) in [5.74, 6) is 2.84. The van der Waals surface area contributed by atoms with Crippen molar-refractivity contribution < 1.29 is 4.52 Å². The summed E-state index contributed by atoms with van der Waals surface area (Å²) in [5, 5.41) is 7.64. The lowest BCUT2D eigenvalue weighted by Gasteiger charge is -2.17. The van der Waals surface area contributed by atoms with Gasteiger partial charge in [-0.05, 0) is 49.3 Å². The van der Waals surface area contributed by atoms with Gasteiger partial charge in [0.2, 0.25) is 5.89 Å². The van der Waals surface area contributed by atoms with E-state index in [0.717, 1.165) is 17.6 Å². The Morgan fingerprint density at radius 2 is 2.00 bits per heavy atom. The van der Waals surface area contributed by atoms with Crippen LogP contribution in [0.3, 0.4) is 0 Å². The molecule has 0 amide bonds. The number of hydrogen-bond acceptors (Lipinski definition) is 5. The van der Waals surface area contributed by atoms with Crippen molar-refractivity contribution in [1.82, 2.24) is 20.4 Å². The predicted octanol–water partition coefficient (Wildman–Crippen LogP) is 2.58. The van der Waals surface area contributed by atoms with Gasteiger partial charge in [0, 0.05) is 24.4 Å². The largest absolute Gasteiger partial charge is 0.339 e. The highest BCUT2D eigenvalue weighted by Gasteiger charge is 2.33. The van der Waals surface area contributed by atoms with E-state index >= 15 is 0 Å². The zero-order valence-corrected chi connectivity index (χ0v) is 11.3. The van der Waals surface area contributed by atoms with Crippen LogP contribution in [0.15, 0.2) is 29.0 Å². The van der Waals surface area contributed by atoms with Crippen LogP contribution in [0.25, 0.3) is 0 Å². The van der Waals surface area contributed by atoms with Crippen LogP contribution in [-0.4, -0.2) is 15.1 Å². The molecule has 0 spiro atoms. The maximum absolute atomic E-state index is 5.29. The standard InChI is InChI=1S/C15H18N4O/c1-2-10(1)14(11-5-7-16-8-6-11)17-9-13-18-15(20-19-13)12-3-4-12/h5-8,10,12,14,17H,1-4,9H2. The van der Waals surface area contributed by atoms with E-state index < -0.39 is 0 Å². The lowest BCUT2D eigenvalue weighted by Crippen LogP contribution is -2.23. The van der Waals surface area contributed by atoms with E-state index in [4.69, 9.17) is 4.52 Å². The fraction of sp³-hybridized carbons (Fsp3) is 0.533. The van der Waals surface area contributed by atoms with E-state index in [1.165, 1.54) is 31.2 Å². The van der Waals surface area contributed by atoms with Crippen LogP contribution in [0.4, 0.5) is 0 Å². The molecule has 5 heteroatoms. The zero-order valence-electron chi connectivity index (χ0n) is 11.3. The van der Waals surface area contributed by atoms with Crippen LogP contribution in [0.1, 0.15) is 54.9 Å². The molecule has 2 saturated carbocycles. The third kappa shape index (κ3) is 2.58. The Hall–Kier alpha value is -1.75. The van der Waals surface area contributed by atoms with Crippen molar-refractivity contribution >= 4 is 0 Å². The van der Waals surface area contributed by atoms with E-state index in [1.54, 1.807) is 0 Å². The molecule has 20 heavy (non-hydrogen) atoms. The second kappa shape index (κ2) is 4.98. The maximum atomic E-state index is 5.29. The monoisotopic (exact) mass is 270 g/mol. The van der Waals surface area contributed by atoms with Crippen LogP contribution >= 0.6 is 0 Å². The van der Waals surface area contributed by atoms with Crippen LogP contribution in [0.2, 0.25) is 0 Å². The van der Waals surface area contributed by atoms with Gasteiger partial charge in [0.25, 0.3) is 0 Å². The first-order valence-corrected chi connectivity index (χ1v) is 7.36. The van der Waals surface area contributed by atoms with Crippen LogP contribution in [0.5, 0.6) is 0 Å². The van der Waals surface area contributed by atoms with Gasteiger partial charge < -0.3 is 9.84 Å². The molecule has 1 N–H and O–H groups in total. The quantitative estimate of drug-likeness (QED) is 0.874. The molecule has 2 heterocycles. The molecule has 5 nitrogen and oxygen atoms in total. The summed E-state index contributed by atoms with van der Waals surface area (Å²) in [6.45, 7) is 0.666. The van der Waals surface area contributed by atoms with Crippen LogP contribution < -0.4 is 5.32 Å². The smallest absolute Gasteiger partial charge is 0.229 e. The van der Waals surface area contributed by atoms with Gasteiger partial charge in [-0.25, -0.2) is 0 Å². The van der Waals surface area contributed by atoms with Gasteiger partial charge in [0.15, 0.2) is 5.82 Å². The molecule has 2 aromatic rings. The second-order valence-corrected chi connectivity index (χ2v) is 5.80. The van der Waals surface area contributed by atoms with E-state index in [2.05, 4.69) is 32.6 Å². The summed E-state index contributed by atoms with van der Waals surface area (Å²) < 4.78 is 5.29. The average Bonchev–Trinajstić information content (AvgIpc) is 3.40. The van der Waals surface area contributed by atoms with Crippen LogP contribution in [0, 0.1) is 5.92 Å². The summed E-state index contributed by atoms with van der Waals surface area (Å²) in [5.41, 5.74) is 1.30. The number of rotatable bonds is 6. The van der Waals surface area contributed by atoms with Gasteiger partial charge in [-0.2, -0.15) is 4.98 Å². The van der Waals surface area contributed by atoms with E-state index in [9.17, 15) is 0 Å². The number of hydrogen-bond donors (Lipinski definition) is 1. The number of pyridine rings is 1. The third-order valence-corrected chi connectivity index (χ3v) is 4.05. The molecule has 2 aliphatic carbocycles. The Morgan fingerprint density at radius 1 is 1.20 bits per heavy atom. The van der Waals surface area contributed by atoms with Crippen molar-refractivity contribution in [3.8, 4) is 0 Å². The first kappa shape index (κ1) is 12.0. The molecule has 0 aromatic carbocycles. The minimum absolute atomic E-state index is 0.376. The average molecular weight is 270 g/mol. The lowest BCUT2D eigenvalue weighted by atomic mass is 10.0. The molecule has 1 unspecified atom stereocenters. The number of nitrogens with one attached hydrogen (secondary N) is 1. The second-order valence-electron chi connectivity index (χ2n) is 5.80. The van der Waals surface area contributed by atoms with Crippen molar-refractivity contribution in [2.24, 2.45) is 5.92 Å². The van der Waals surface area contributed by atoms with E-state index in [1.807, 2.05) is 12.4 Å². The number of aromatic nitrogens is 3. The fourth-order valence-electron chi connectivity index (χ4n) is 2.59. The van der Waals surface area contributed by atoms with Crippen molar-refractivity contribution in [2.75, 3.05) is 0 Å². The first-order chi connectivity index (χ1) is 9.90. The Balaban J connectivity index is 1.42. The van der Waals surface area contributed by atoms with Crippen LogP contribution in [-0.2, 0) is 6.54 Å². The molecule has 2 aliphatic rings. The fourth-order valence-corrected chi connectivity index (χ4v) is 2.59. The molecular formula is C15H18N4O. The van der Waals surface area contributed by atoms with Crippen molar-refractivity contribution in [3.05, 3.63) is 41.8 Å².